The molecular formula is C13H16ClF2N. The van der Waals surface area contributed by atoms with Gasteiger partial charge in [-0.25, -0.2) is 8.78 Å². The molecule has 4 heteroatoms. The molecule has 1 nitrogen and oxygen atoms in total. The van der Waals surface area contributed by atoms with Crippen molar-refractivity contribution in [1.82, 2.24) is 0 Å². The normalized spacial score (nSPS) is 15.8. The van der Waals surface area contributed by atoms with Crippen LogP contribution in [0.3, 0.4) is 0 Å². The van der Waals surface area contributed by atoms with Crippen molar-refractivity contribution < 1.29 is 8.78 Å². The van der Waals surface area contributed by atoms with Gasteiger partial charge in [-0.05, 0) is 36.5 Å². The molecule has 0 radical (unpaired) electrons. The summed E-state index contributed by atoms with van der Waals surface area (Å²) in [5.41, 5.74) is 0.535. The molecule has 0 aliphatic heterocycles. The lowest BCUT2D eigenvalue weighted by Crippen LogP contribution is -2.30. The van der Waals surface area contributed by atoms with Gasteiger partial charge in [-0.3, -0.25) is 0 Å². The van der Waals surface area contributed by atoms with Gasteiger partial charge in [-0.15, -0.1) is 11.6 Å². The third-order valence-corrected chi connectivity index (χ3v) is 3.68. The highest BCUT2D eigenvalue weighted by atomic mass is 35.5. The third kappa shape index (κ3) is 2.71. The predicted molar refractivity (Wildman–Crippen MR) is 66.5 cm³/mol. The molecule has 0 unspecified atom stereocenters. The molecule has 0 heterocycles. The van der Waals surface area contributed by atoms with E-state index in [0.29, 0.717) is 18.0 Å². The Morgan fingerprint density at radius 2 is 1.88 bits per heavy atom. The van der Waals surface area contributed by atoms with E-state index in [1.54, 1.807) is 11.9 Å². The zero-order chi connectivity index (χ0) is 12.4. The molecule has 1 aromatic rings. The van der Waals surface area contributed by atoms with Crippen LogP contribution in [0.2, 0.25) is 0 Å². The summed E-state index contributed by atoms with van der Waals surface area (Å²) in [5.74, 6) is -0.350. The Labute approximate surface area is 105 Å². The van der Waals surface area contributed by atoms with Gasteiger partial charge in [-0.2, -0.15) is 0 Å². The standard InChI is InChI=1S/C13H16ClF2N/c1-17(8-9-3-2-4-9)13-11(15)5-10(7-14)6-12(13)16/h5-6,9H,2-4,7-8H2,1H3. The van der Waals surface area contributed by atoms with Crippen LogP contribution >= 0.6 is 11.6 Å². The summed E-state index contributed by atoms with van der Waals surface area (Å²) in [6.07, 6.45) is 3.55. The van der Waals surface area contributed by atoms with E-state index in [9.17, 15) is 8.78 Å². The van der Waals surface area contributed by atoms with Crippen LogP contribution in [0.1, 0.15) is 24.8 Å². The molecule has 0 N–H and O–H groups in total. The molecule has 0 spiro atoms. The van der Waals surface area contributed by atoms with Crippen LogP contribution < -0.4 is 4.90 Å². The van der Waals surface area contributed by atoms with Crippen molar-refractivity contribution in [1.29, 1.82) is 0 Å². The molecule has 0 aromatic heterocycles. The summed E-state index contributed by atoms with van der Waals surface area (Å²) < 4.78 is 27.6. The fourth-order valence-electron chi connectivity index (χ4n) is 2.21. The van der Waals surface area contributed by atoms with Gasteiger partial charge in [0, 0.05) is 19.5 Å². The Morgan fingerprint density at radius 3 is 2.29 bits per heavy atom. The zero-order valence-corrected chi connectivity index (χ0v) is 10.6. The van der Waals surface area contributed by atoms with Gasteiger partial charge >= 0.3 is 0 Å². The lowest BCUT2D eigenvalue weighted by atomic mass is 9.85. The van der Waals surface area contributed by atoms with Crippen LogP contribution in [0.5, 0.6) is 0 Å². The van der Waals surface area contributed by atoms with Gasteiger partial charge in [0.1, 0.15) is 17.3 Å². The van der Waals surface area contributed by atoms with Crippen LogP contribution in [0.4, 0.5) is 14.5 Å². The Bertz CT molecular complexity index is 381. The molecule has 0 saturated heterocycles. The number of benzene rings is 1. The first-order valence-electron chi connectivity index (χ1n) is 5.87. The Morgan fingerprint density at radius 1 is 1.29 bits per heavy atom. The van der Waals surface area contributed by atoms with Gasteiger partial charge in [0.25, 0.3) is 0 Å². The summed E-state index contributed by atoms with van der Waals surface area (Å²) in [7, 11) is 1.74. The second-order valence-electron chi connectivity index (χ2n) is 4.72. The van der Waals surface area contributed by atoms with E-state index in [0.717, 1.165) is 12.8 Å². The highest BCUT2D eigenvalue weighted by Gasteiger charge is 2.22. The fraction of sp³-hybridized carbons (Fsp3) is 0.538. The summed E-state index contributed by atoms with van der Waals surface area (Å²) in [6.45, 7) is 0.716. The maximum atomic E-state index is 13.8. The van der Waals surface area contributed by atoms with E-state index >= 15 is 0 Å². The number of rotatable bonds is 4. The molecule has 1 aromatic carbocycles. The second-order valence-corrected chi connectivity index (χ2v) is 4.99. The summed E-state index contributed by atoms with van der Waals surface area (Å²) in [4.78, 5) is 1.67. The van der Waals surface area contributed by atoms with Crippen molar-refractivity contribution in [3.05, 3.63) is 29.3 Å². The summed E-state index contributed by atoms with van der Waals surface area (Å²) in [6, 6.07) is 2.62. The monoisotopic (exact) mass is 259 g/mol. The molecule has 17 heavy (non-hydrogen) atoms. The molecule has 1 aliphatic rings. The number of alkyl halides is 1. The molecule has 0 atom stereocenters. The van der Waals surface area contributed by atoms with Crippen LogP contribution in [-0.4, -0.2) is 13.6 Å². The molecule has 1 aliphatic carbocycles. The second kappa shape index (κ2) is 5.21. The summed E-state index contributed by atoms with van der Waals surface area (Å²) in [5, 5.41) is 0. The predicted octanol–water partition coefficient (Wildman–Crippen LogP) is 3.94. The van der Waals surface area contributed by atoms with Crippen molar-refractivity contribution in [2.45, 2.75) is 25.1 Å². The van der Waals surface area contributed by atoms with E-state index in [4.69, 9.17) is 11.6 Å². The average Bonchev–Trinajstić information content (AvgIpc) is 2.22. The number of hydrogen-bond acceptors (Lipinski definition) is 1. The molecule has 0 bridgehead atoms. The maximum absolute atomic E-state index is 13.8. The highest BCUT2D eigenvalue weighted by Crippen LogP contribution is 2.31. The molecular weight excluding hydrogens is 244 g/mol. The van der Waals surface area contributed by atoms with Gasteiger partial charge < -0.3 is 4.90 Å². The Hall–Kier alpha value is -0.830. The van der Waals surface area contributed by atoms with Gasteiger partial charge in [0.2, 0.25) is 0 Å². The van der Waals surface area contributed by atoms with E-state index in [-0.39, 0.29) is 11.6 Å². The minimum absolute atomic E-state index is 0.0609. The number of hydrogen-bond donors (Lipinski definition) is 0. The largest absolute Gasteiger partial charge is 0.370 e. The highest BCUT2D eigenvalue weighted by molar-refractivity contribution is 6.17. The van der Waals surface area contributed by atoms with Crippen molar-refractivity contribution in [2.24, 2.45) is 5.92 Å². The zero-order valence-electron chi connectivity index (χ0n) is 9.85. The van der Waals surface area contributed by atoms with Gasteiger partial charge in [-0.1, -0.05) is 6.42 Å². The van der Waals surface area contributed by atoms with E-state index < -0.39 is 11.6 Å². The number of halogens is 3. The fourth-order valence-corrected chi connectivity index (χ4v) is 2.37. The number of nitrogens with zero attached hydrogens (tertiary/aromatic N) is 1. The van der Waals surface area contributed by atoms with E-state index in [1.807, 2.05) is 0 Å². The van der Waals surface area contributed by atoms with Crippen molar-refractivity contribution >= 4 is 17.3 Å². The first kappa shape index (κ1) is 12.6. The minimum Gasteiger partial charge on any atom is -0.370 e. The molecule has 1 fully saturated rings. The van der Waals surface area contributed by atoms with Crippen molar-refractivity contribution in [2.75, 3.05) is 18.5 Å². The topological polar surface area (TPSA) is 3.24 Å². The average molecular weight is 260 g/mol. The van der Waals surface area contributed by atoms with Gasteiger partial charge in [0.15, 0.2) is 0 Å². The first-order valence-corrected chi connectivity index (χ1v) is 6.40. The lowest BCUT2D eigenvalue weighted by molar-refractivity contribution is 0.320. The molecule has 2 rings (SSSR count). The van der Waals surface area contributed by atoms with Crippen LogP contribution in [0.25, 0.3) is 0 Å². The van der Waals surface area contributed by atoms with Crippen molar-refractivity contribution in [3.8, 4) is 0 Å². The van der Waals surface area contributed by atoms with E-state index in [1.165, 1.54) is 18.6 Å². The lowest BCUT2D eigenvalue weighted by Gasteiger charge is -2.31. The maximum Gasteiger partial charge on any atom is 0.149 e. The number of anilines is 1. The molecule has 94 valence electrons. The van der Waals surface area contributed by atoms with Crippen LogP contribution in [0.15, 0.2) is 12.1 Å². The Balaban J connectivity index is 2.18. The summed E-state index contributed by atoms with van der Waals surface area (Å²) >= 11 is 5.57. The molecule has 0 amide bonds. The van der Waals surface area contributed by atoms with Crippen LogP contribution in [-0.2, 0) is 5.88 Å². The van der Waals surface area contributed by atoms with Gasteiger partial charge in [0.05, 0.1) is 0 Å². The van der Waals surface area contributed by atoms with E-state index in [2.05, 4.69) is 0 Å². The third-order valence-electron chi connectivity index (χ3n) is 3.37. The SMILES string of the molecule is CN(CC1CCC1)c1c(F)cc(CCl)cc1F. The molecule has 1 saturated carbocycles. The quantitative estimate of drug-likeness (QED) is 0.741. The minimum atomic E-state index is -0.525. The smallest absolute Gasteiger partial charge is 0.149 e. The van der Waals surface area contributed by atoms with Crippen LogP contribution in [0, 0.1) is 17.6 Å². The first-order chi connectivity index (χ1) is 8.11. The Kier molecular flexibility index (Phi) is 3.87. The van der Waals surface area contributed by atoms with Crippen molar-refractivity contribution in [3.63, 3.8) is 0 Å².